The first-order valence-corrected chi connectivity index (χ1v) is 8.81. The van der Waals surface area contributed by atoms with Gasteiger partial charge in [0.2, 0.25) is 0 Å². The largest absolute Gasteiger partial charge is 0.271 e. The predicted octanol–water partition coefficient (Wildman–Crippen LogP) is 4.01. The van der Waals surface area contributed by atoms with Crippen molar-refractivity contribution in [1.82, 2.24) is 5.43 Å². The number of rotatable bonds is 5. The van der Waals surface area contributed by atoms with Crippen LogP contribution >= 0.6 is 0 Å². The smallest absolute Gasteiger partial charge is 0.0215 e. The average Bonchev–Trinajstić information content (AvgIpc) is 2.94. The molecule has 3 saturated carbocycles. The molecule has 110 valence electrons. The molecule has 2 heteroatoms. The molecule has 0 amide bonds. The van der Waals surface area contributed by atoms with E-state index in [4.69, 9.17) is 5.84 Å². The van der Waals surface area contributed by atoms with Gasteiger partial charge in [-0.3, -0.25) is 11.3 Å². The van der Waals surface area contributed by atoms with Crippen molar-refractivity contribution in [1.29, 1.82) is 0 Å². The molecule has 0 aromatic heterocycles. The monoisotopic (exact) mass is 264 g/mol. The van der Waals surface area contributed by atoms with E-state index in [1.54, 1.807) is 0 Å². The molecule has 2 bridgehead atoms. The summed E-state index contributed by atoms with van der Waals surface area (Å²) in [6, 6.07) is 0.590. The van der Waals surface area contributed by atoms with E-state index in [2.05, 4.69) is 5.43 Å². The lowest BCUT2D eigenvalue weighted by Crippen LogP contribution is -2.38. The molecule has 0 spiro atoms. The van der Waals surface area contributed by atoms with Gasteiger partial charge in [0.25, 0.3) is 0 Å². The summed E-state index contributed by atoms with van der Waals surface area (Å²) < 4.78 is 0. The van der Waals surface area contributed by atoms with Crippen molar-refractivity contribution >= 4 is 0 Å². The van der Waals surface area contributed by atoms with Gasteiger partial charge in [0, 0.05) is 6.04 Å². The highest BCUT2D eigenvalue weighted by Crippen LogP contribution is 2.50. The lowest BCUT2D eigenvalue weighted by molar-refractivity contribution is 0.250. The van der Waals surface area contributed by atoms with E-state index < -0.39 is 0 Å². The summed E-state index contributed by atoms with van der Waals surface area (Å²) >= 11 is 0. The first-order valence-electron chi connectivity index (χ1n) is 8.81. The molecule has 0 aromatic carbocycles. The number of nitrogens with two attached hydrogens (primary N) is 1. The Kier molecular flexibility index (Phi) is 4.81. The normalized spacial score (nSPS) is 37.4. The molecule has 0 saturated heterocycles. The molecule has 3 N–H and O–H groups in total. The van der Waals surface area contributed by atoms with Crippen LogP contribution in [-0.4, -0.2) is 6.04 Å². The van der Waals surface area contributed by atoms with Crippen LogP contribution in [0.5, 0.6) is 0 Å². The van der Waals surface area contributed by atoms with Gasteiger partial charge >= 0.3 is 0 Å². The first kappa shape index (κ1) is 13.9. The minimum Gasteiger partial charge on any atom is -0.271 e. The highest BCUT2D eigenvalue weighted by atomic mass is 15.2. The maximum atomic E-state index is 5.86. The van der Waals surface area contributed by atoms with Gasteiger partial charge in [0.05, 0.1) is 0 Å². The Bertz CT molecular complexity index is 270. The SMILES string of the molecule is NNC(CC1CCCCCC1)CC1CC2CCC1C2. The quantitative estimate of drug-likeness (QED) is 0.447. The van der Waals surface area contributed by atoms with Crippen molar-refractivity contribution in [2.24, 2.45) is 29.5 Å². The van der Waals surface area contributed by atoms with Crippen LogP contribution in [0.1, 0.15) is 77.0 Å². The van der Waals surface area contributed by atoms with Crippen LogP contribution < -0.4 is 11.3 Å². The zero-order chi connectivity index (χ0) is 13.1. The number of hydrogen-bond acceptors (Lipinski definition) is 2. The number of fused-ring (bicyclic) bond motifs is 2. The molecule has 4 atom stereocenters. The molecule has 0 aromatic rings. The van der Waals surface area contributed by atoms with Gasteiger partial charge in [-0.15, -0.1) is 0 Å². The van der Waals surface area contributed by atoms with E-state index in [1.807, 2.05) is 0 Å². The van der Waals surface area contributed by atoms with E-state index >= 15 is 0 Å². The fraction of sp³-hybridized carbons (Fsp3) is 1.00. The molecule has 3 aliphatic rings. The highest BCUT2D eigenvalue weighted by Gasteiger charge is 2.40. The van der Waals surface area contributed by atoms with E-state index in [9.17, 15) is 0 Å². The maximum absolute atomic E-state index is 5.86. The average molecular weight is 264 g/mol. The Labute approximate surface area is 118 Å². The fourth-order valence-corrected chi connectivity index (χ4v) is 5.26. The summed E-state index contributed by atoms with van der Waals surface area (Å²) in [5, 5.41) is 0. The Hall–Kier alpha value is -0.0800. The zero-order valence-corrected chi connectivity index (χ0v) is 12.4. The third-order valence-corrected chi connectivity index (χ3v) is 6.30. The summed E-state index contributed by atoms with van der Waals surface area (Å²) in [6.45, 7) is 0. The summed E-state index contributed by atoms with van der Waals surface area (Å²) in [5.74, 6) is 9.92. The number of nitrogens with one attached hydrogen (secondary N) is 1. The Morgan fingerprint density at radius 2 is 1.68 bits per heavy atom. The Balaban J connectivity index is 1.47. The lowest BCUT2D eigenvalue weighted by atomic mass is 9.81. The molecule has 3 fully saturated rings. The van der Waals surface area contributed by atoms with Gasteiger partial charge in [-0.25, -0.2) is 0 Å². The van der Waals surface area contributed by atoms with Crippen molar-refractivity contribution in [3.8, 4) is 0 Å². The minimum atomic E-state index is 0.590. The van der Waals surface area contributed by atoms with Crippen LogP contribution in [-0.2, 0) is 0 Å². The van der Waals surface area contributed by atoms with Crippen LogP contribution in [0.4, 0.5) is 0 Å². The van der Waals surface area contributed by atoms with E-state index in [-0.39, 0.29) is 0 Å². The standard InChI is InChI=1S/C17H32N2/c18-19-17(11-13-5-3-1-2-4-6-13)12-16-10-14-7-8-15(16)9-14/h13-17,19H,1-12,18H2. The van der Waals surface area contributed by atoms with E-state index in [0.717, 1.165) is 23.7 Å². The van der Waals surface area contributed by atoms with Gasteiger partial charge < -0.3 is 0 Å². The second-order valence-corrected chi connectivity index (χ2v) is 7.63. The molecular formula is C17H32N2. The molecule has 0 aliphatic heterocycles. The predicted molar refractivity (Wildman–Crippen MR) is 80.5 cm³/mol. The van der Waals surface area contributed by atoms with Crippen molar-refractivity contribution < 1.29 is 0 Å². The molecule has 19 heavy (non-hydrogen) atoms. The van der Waals surface area contributed by atoms with Gasteiger partial charge in [-0.05, 0) is 55.8 Å². The third kappa shape index (κ3) is 3.52. The summed E-state index contributed by atoms with van der Waals surface area (Å²) in [7, 11) is 0. The highest BCUT2D eigenvalue weighted by molar-refractivity contribution is 4.91. The first-order chi connectivity index (χ1) is 9.35. The van der Waals surface area contributed by atoms with Gasteiger partial charge in [0.15, 0.2) is 0 Å². The van der Waals surface area contributed by atoms with E-state index in [1.165, 1.54) is 77.0 Å². The van der Waals surface area contributed by atoms with Crippen molar-refractivity contribution in [2.75, 3.05) is 0 Å². The van der Waals surface area contributed by atoms with Crippen LogP contribution in [0.3, 0.4) is 0 Å². The molecule has 2 nitrogen and oxygen atoms in total. The zero-order valence-electron chi connectivity index (χ0n) is 12.4. The van der Waals surface area contributed by atoms with Crippen LogP contribution in [0.2, 0.25) is 0 Å². The third-order valence-electron chi connectivity index (χ3n) is 6.30. The van der Waals surface area contributed by atoms with E-state index in [0.29, 0.717) is 6.04 Å². The molecular weight excluding hydrogens is 232 g/mol. The summed E-state index contributed by atoms with van der Waals surface area (Å²) in [4.78, 5) is 0. The van der Waals surface area contributed by atoms with Gasteiger partial charge in [0.1, 0.15) is 0 Å². The van der Waals surface area contributed by atoms with Crippen LogP contribution in [0.25, 0.3) is 0 Å². The lowest BCUT2D eigenvalue weighted by Gasteiger charge is -2.28. The van der Waals surface area contributed by atoms with Crippen molar-refractivity contribution in [3.63, 3.8) is 0 Å². The van der Waals surface area contributed by atoms with Gasteiger partial charge in [-0.2, -0.15) is 0 Å². The number of hydrazine groups is 1. The number of hydrogen-bond donors (Lipinski definition) is 2. The maximum Gasteiger partial charge on any atom is 0.0215 e. The van der Waals surface area contributed by atoms with Crippen molar-refractivity contribution in [3.05, 3.63) is 0 Å². The molecule has 0 heterocycles. The Morgan fingerprint density at radius 3 is 2.26 bits per heavy atom. The van der Waals surface area contributed by atoms with Crippen LogP contribution in [0, 0.1) is 23.7 Å². The fourth-order valence-electron chi connectivity index (χ4n) is 5.26. The minimum absolute atomic E-state index is 0.590. The summed E-state index contributed by atoms with van der Waals surface area (Å²) in [6.07, 6.45) is 17.5. The van der Waals surface area contributed by atoms with Crippen molar-refractivity contribution in [2.45, 2.75) is 83.1 Å². The summed E-state index contributed by atoms with van der Waals surface area (Å²) in [5.41, 5.74) is 3.16. The Morgan fingerprint density at radius 1 is 0.895 bits per heavy atom. The van der Waals surface area contributed by atoms with Crippen LogP contribution in [0.15, 0.2) is 0 Å². The molecule has 3 rings (SSSR count). The molecule has 0 radical (unpaired) electrons. The second kappa shape index (κ2) is 6.58. The molecule has 3 aliphatic carbocycles. The second-order valence-electron chi connectivity index (χ2n) is 7.63. The topological polar surface area (TPSA) is 38.0 Å². The van der Waals surface area contributed by atoms with Gasteiger partial charge in [-0.1, -0.05) is 44.9 Å². The molecule has 4 unspecified atom stereocenters.